The molecule has 0 bridgehead atoms. The van der Waals surface area contributed by atoms with Crippen LogP contribution in [0.3, 0.4) is 0 Å². The maximum absolute atomic E-state index is 8.52. The van der Waals surface area contributed by atoms with Crippen molar-refractivity contribution in [2.45, 2.75) is 6.54 Å². The number of hydrogen-bond acceptors (Lipinski definition) is 4. The highest BCUT2D eigenvalue weighted by atomic mass is 15.1. The van der Waals surface area contributed by atoms with E-state index in [1.54, 1.807) is 18.3 Å². The molecule has 2 rings (SSSR count). The average Bonchev–Trinajstić information content (AvgIpc) is 2.77. The van der Waals surface area contributed by atoms with Crippen molar-refractivity contribution < 1.29 is 0 Å². The molecular formula is C11H7N5. The molecule has 0 spiro atoms. The van der Waals surface area contributed by atoms with E-state index < -0.39 is 0 Å². The zero-order valence-electron chi connectivity index (χ0n) is 8.31. The van der Waals surface area contributed by atoms with E-state index in [9.17, 15) is 0 Å². The molecule has 0 unspecified atom stereocenters. The third-order valence-corrected chi connectivity index (χ3v) is 2.14. The first-order valence-corrected chi connectivity index (χ1v) is 4.60. The van der Waals surface area contributed by atoms with E-state index in [2.05, 4.69) is 15.2 Å². The van der Waals surface area contributed by atoms with Crippen LogP contribution in [0.1, 0.15) is 5.56 Å². The number of nitriles is 2. The van der Waals surface area contributed by atoms with Crippen LogP contribution in [0.15, 0.2) is 29.4 Å². The van der Waals surface area contributed by atoms with Crippen molar-refractivity contribution in [1.29, 1.82) is 10.5 Å². The molecule has 0 aliphatic carbocycles. The molecule has 0 saturated heterocycles. The second-order valence-electron chi connectivity index (χ2n) is 3.18. The molecule has 76 valence electrons. The van der Waals surface area contributed by atoms with Crippen molar-refractivity contribution >= 4 is 16.6 Å². The van der Waals surface area contributed by atoms with Gasteiger partial charge in [-0.15, -0.1) is 0 Å². The first kappa shape index (κ1) is 9.88. The van der Waals surface area contributed by atoms with Gasteiger partial charge < -0.3 is 0 Å². The molecule has 0 amide bonds. The standard InChI is InChI=1S/C11H7N5/c12-4-10(5-13)14-6-8-1-2-11-9(3-8)7-15-16-11/h1-3,7H,6H2,(H,15,16). The van der Waals surface area contributed by atoms with Gasteiger partial charge in [-0.3, -0.25) is 10.1 Å². The highest BCUT2D eigenvalue weighted by molar-refractivity contribution is 6.10. The van der Waals surface area contributed by atoms with Gasteiger partial charge in [0.15, 0.2) is 0 Å². The van der Waals surface area contributed by atoms with Crippen LogP contribution in [0.5, 0.6) is 0 Å². The Kier molecular flexibility index (Phi) is 2.62. The van der Waals surface area contributed by atoms with Gasteiger partial charge in [0.2, 0.25) is 5.71 Å². The quantitative estimate of drug-likeness (QED) is 0.761. The Labute approximate surface area is 91.7 Å². The van der Waals surface area contributed by atoms with Crippen molar-refractivity contribution in [3.05, 3.63) is 30.0 Å². The molecule has 0 aliphatic rings. The first-order valence-electron chi connectivity index (χ1n) is 4.60. The number of fused-ring (bicyclic) bond motifs is 1. The lowest BCUT2D eigenvalue weighted by Crippen LogP contribution is -1.90. The number of aromatic amines is 1. The number of hydrogen-bond donors (Lipinski definition) is 1. The SMILES string of the molecule is N#CC(C#N)=NCc1ccc2[nH]ncc2c1. The summed E-state index contributed by atoms with van der Waals surface area (Å²) >= 11 is 0. The van der Waals surface area contributed by atoms with Gasteiger partial charge in [-0.1, -0.05) is 6.07 Å². The predicted molar refractivity (Wildman–Crippen MR) is 58.5 cm³/mol. The number of aromatic nitrogens is 2. The van der Waals surface area contributed by atoms with Gasteiger partial charge in [-0.25, -0.2) is 0 Å². The highest BCUT2D eigenvalue weighted by Gasteiger charge is 1.98. The van der Waals surface area contributed by atoms with Gasteiger partial charge >= 0.3 is 0 Å². The van der Waals surface area contributed by atoms with Crippen LogP contribution >= 0.6 is 0 Å². The Bertz CT molecular complexity index is 608. The summed E-state index contributed by atoms with van der Waals surface area (Å²) < 4.78 is 0. The van der Waals surface area contributed by atoms with Crippen LogP contribution in [-0.4, -0.2) is 15.9 Å². The maximum Gasteiger partial charge on any atom is 0.213 e. The van der Waals surface area contributed by atoms with E-state index >= 15 is 0 Å². The molecule has 0 radical (unpaired) electrons. The summed E-state index contributed by atoms with van der Waals surface area (Å²) in [6, 6.07) is 9.15. The number of aliphatic imine (C=N–C) groups is 1. The van der Waals surface area contributed by atoms with Gasteiger partial charge in [0.05, 0.1) is 18.3 Å². The molecule has 0 saturated carbocycles. The second kappa shape index (κ2) is 4.24. The van der Waals surface area contributed by atoms with Crippen molar-refractivity contribution in [2.75, 3.05) is 0 Å². The van der Waals surface area contributed by atoms with E-state index in [0.29, 0.717) is 6.54 Å². The third kappa shape index (κ3) is 1.89. The fraction of sp³-hybridized carbons (Fsp3) is 0.0909. The first-order chi connectivity index (χ1) is 7.83. The fourth-order valence-electron chi connectivity index (χ4n) is 1.36. The van der Waals surface area contributed by atoms with Gasteiger partial charge in [-0.2, -0.15) is 15.6 Å². The summed E-state index contributed by atoms with van der Waals surface area (Å²) in [6.07, 6.45) is 1.72. The van der Waals surface area contributed by atoms with Crippen LogP contribution in [-0.2, 0) is 6.54 Å². The van der Waals surface area contributed by atoms with Crippen LogP contribution in [0.2, 0.25) is 0 Å². The van der Waals surface area contributed by atoms with E-state index in [-0.39, 0.29) is 5.71 Å². The number of nitrogens with one attached hydrogen (secondary N) is 1. The number of nitrogens with zero attached hydrogens (tertiary/aromatic N) is 4. The summed E-state index contributed by atoms with van der Waals surface area (Å²) in [4.78, 5) is 3.89. The normalized spacial score (nSPS) is 9.38. The zero-order valence-corrected chi connectivity index (χ0v) is 8.31. The maximum atomic E-state index is 8.52. The highest BCUT2D eigenvalue weighted by Crippen LogP contribution is 2.13. The number of rotatable bonds is 2. The Hall–Kier alpha value is -2.66. The van der Waals surface area contributed by atoms with E-state index in [1.165, 1.54) is 0 Å². The molecule has 2 aromatic rings. The predicted octanol–water partition coefficient (Wildman–Crippen LogP) is 1.55. The minimum atomic E-state index is -0.104. The summed E-state index contributed by atoms with van der Waals surface area (Å²) in [5.74, 6) is 0. The summed E-state index contributed by atoms with van der Waals surface area (Å²) in [7, 11) is 0. The van der Waals surface area contributed by atoms with Gasteiger partial charge in [0.1, 0.15) is 12.1 Å². The monoisotopic (exact) mass is 209 g/mol. The summed E-state index contributed by atoms with van der Waals surface area (Å²) in [5, 5.41) is 24.8. The minimum absolute atomic E-state index is 0.104. The lowest BCUT2D eigenvalue weighted by Gasteiger charge is -1.95. The lowest BCUT2D eigenvalue weighted by atomic mass is 10.1. The lowest BCUT2D eigenvalue weighted by molar-refractivity contribution is 1.08. The third-order valence-electron chi connectivity index (χ3n) is 2.14. The molecule has 16 heavy (non-hydrogen) atoms. The largest absolute Gasteiger partial charge is 0.278 e. The van der Waals surface area contributed by atoms with Crippen molar-refractivity contribution in [3.8, 4) is 12.1 Å². The van der Waals surface area contributed by atoms with Gasteiger partial charge in [0, 0.05) is 5.39 Å². The molecule has 5 heteroatoms. The molecule has 0 fully saturated rings. The Balaban J connectivity index is 2.26. The summed E-state index contributed by atoms with van der Waals surface area (Å²) in [5.41, 5.74) is 1.79. The Morgan fingerprint density at radius 3 is 2.94 bits per heavy atom. The molecule has 1 heterocycles. The molecule has 1 N–H and O–H groups in total. The van der Waals surface area contributed by atoms with Crippen LogP contribution in [0.25, 0.3) is 10.9 Å². The van der Waals surface area contributed by atoms with E-state index in [0.717, 1.165) is 16.5 Å². The van der Waals surface area contributed by atoms with Gasteiger partial charge in [0.25, 0.3) is 0 Å². The van der Waals surface area contributed by atoms with Crippen LogP contribution in [0, 0.1) is 22.7 Å². The molecule has 5 nitrogen and oxygen atoms in total. The van der Waals surface area contributed by atoms with E-state index in [1.807, 2.05) is 18.2 Å². The van der Waals surface area contributed by atoms with E-state index in [4.69, 9.17) is 10.5 Å². The smallest absolute Gasteiger partial charge is 0.213 e. The fourth-order valence-corrected chi connectivity index (χ4v) is 1.36. The zero-order chi connectivity index (χ0) is 11.4. The molecule has 1 aromatic heterocycles. The van der Waals surface area contributed by atoms with Crippen molar-refractivity contribution in [3.63, 3.8) is 0 Å². The minimum Gasteiger partial charge on any atom is -0.278 e. The Morgan fingerprint density at radius 2 is 2.19 bits per heavy atom. The molecule has 1 aromatic carbocycles. The topological polar surface area (TPSA) is 88.6 Å². The van der Waals surface area contributed by atoms with Crippen LogP contribution < -0.4 is 0 Å². The number of H-pyrrole nitrogens is 1. The van der Waals surface area contributed by atoms with Crippen molar-refractivity contribution in [1.82, 2.24) is 10.2 Å². The molecular weight excluding hydrogens is 202 g/mol. The molecule has 0 aliphatic heterocycles. The van der Waals surface area contributed by atoms with Crippen molar-refractivity contribution in [2.24, 2.45) is 4.99 Å². The average molecular weight is 209 g/mol. The van der Waals surface area contributed by atoms with Crippen LogP contribution in [0.4, 0.5) is 0 Å². The van der Waals surface area contributed by atoms with Gasteiger partial charge in [-0.05, 0) is 17.7 Å². The number of benzene rings is 1. The Morgan fingerprint density at radius 1 is 1.38 bits per heavy atom. The molecule has 0 atom stereocenters. The second-order valence-corrected chi connectivity index (χ2v) is 3.18. The summed E-state index contributed by atoms with van der Waals surface area (Å²) in [6.45, 7) is 0.331.